The molecule has 12 heavy (non-hydrogen) atoms. The summed E-state index contributed by atoms with van der Waals surface area (Å²) in [5.74, 6) is -2.81. The number of hydrogen-bond acceptors (Lipinski definition) is 2. The third-order valence-electron chi connectivity index (χ3n) is 1.28. The number of rotatable bonds is 2. The van der Waals surface area contributed by atoms with E-state index in [-0.39, 0.29) is 18.1 Å². The summed E-state index contributed by atoms with van der Waals surface area (Å²) in [6, 6.07) is 1.72. The predicted octanol–water partition coefficient (Wildman–Crippen LogP) is 2.07. The summed E-state index contributed by atoms with van der Waals surface area (Å²) in [6.45, 7) is 1.86. The van der Waals surface area contributed by atoms with Crippen LogP contribution >= 0.6 is 0 Å². The Bertz CT molecular complexity index is 287. The molecule has 66 valence electrons. The highest BCUT2D eigenvalue weighted by Crippen LogP contribution is 2.25. The number of phenolic OH excluding ortho intramolecular Hbond substituents is 1. The van der Waals surface area contributed by atoms with Crippen molar-refractivity contribution < 1.29 is 18.6 Å². The minimum Gasteiger partial charge on any atom is -0.508 e. The van der Waals surface area contributed by atoms with E-state index in [9.17, 15) is 8.78 Å². The lowest BCUT2D eigenvalue weighted by Crippen LogP contribution is -1.96. The molecule has 0 radical (unpaired) electrons. The Hall–Kier alpha value is -1.32. The molecular formula is C8H8F2O2. The van der Waals surface area contributed by atoms with E-state index in [1.165, 1.54) is 0 Å². The lowest BCUT2D eigenvalue weighted by Gasteiger charge is -2.04. The highest BCUT2D eigenvalue weighted by atomic mass is 19.2. The fourth-order valence-electron chi connectivity index (χ4n) is 0.811. The van der Waals surface area contributed by atoms with E-state index in [4.69, 9.17) is 9.84 Å². The molecule has 0 heterocycles. The van der Waals surface area contributed by atoms with Gasteiger partial charge < -0.3 is 9.84 Å². The standard InChI is InChI=1S/C8H8F2O2/c1-2-12-7-4-5(11)3-6(9)8(7)10/h3-4,11H,2H2,1H3. The SMILES string of the molecule is CCOc1cc(O)cc(F)c1F. The van der Waals surface area contributed by atoms with Crippen LogP contribution in [0.25, 0.3) is 0 Å². The van der Waals surface area contributed by atoms with Gasteiger partial charge in [0.2, 0.25) is 5.82 Å². The molecule has 1 rings (SSSR count). The predicted molar refractivity (Wildman–Crippen MR) is 39.2 cm³/mol. The number of hydrogen-bond donors (Lipinski definition) is 1. The Labute approximate surface area is 68.4 Å². The zero-order valence-corrected chi connectivity index (χ0v) is 6.47. The molecule has 4 heteroatoms. The van der Waals surface area contributed by atoms with Crippen LogP contribution in [0.5, 0.6) is 11.5 Å². The molecule has 0 aromatic heterocycles. The molecule has 0 saturated heterocycles. The highest BCUT2D eigenvalue weighted by Gasteiger charge is 2.10. The van der Waals surface area contributed by atoms with E-state index < -0.39 is 11.6 Å². The second-order valence-electron chi connectivity index (χ2n) is 2.17. The number of phenols is 1. The first-order valence-electron chi connectivity index (χ1n) is 3.46. The zero-order chi connectivity index (χ0) is 9.14. The van der Waals surface area contributed by atoms with Crippen LogP contribution in [0.15, 0.2) is 12.1 Å². The topological polar surface area (TPSA) is 29.5 Å². The Kier molecular flexibility index (Phi) is 2.47. The van der Waals surface area contributed by atoms with Crippen LogP contribution in [0.3, 0.4) is 0 Å². The molecule has 2 nitrogen and oxygen atoms in total. The summed E-state index contributed by atoms with van der Waals surface area (Å²) < 4.78 is 30.0. The van der Waals surface area contributed by atoms with Gasteiger partial charge in [-0.05, 0) is 6.92 Å². The zero-order valence-electron chi connectivity index (χ0n) is 6.47. The molecule has 0 fully saturated rings. The first-order chi connectivity index (χ1) is 5.65. The average Bonchev–Trinajstić information content (AvgIpc) is 2.00. The number of ether oxygens (including phenoxy) is 1. The summed E-state index contributed by atoms with van der Waals surface area (Å²) in [5, 5.41) is 8.86. The van der Waals surface area contributed by atoms with Crippen molar-refractivity contribution in [2.24, 2.45) is 0 Å². The number of aromatic hydroxyl groups is 1. The van der Waals surface area contributed by atoms with Gasteiger partial charge in [0.05, 0.1) is 6.61 Å². The van der Waals surface area contributed by atoms with Crippen LogP contribution < -0.4 is 4.74 Å². The molecule has 0 unspecified atom stereocenters. The second kappa shape index (κ2) is 3.38. The van der Waals surface area contributed by atoms with Crippen molar-refractivity contribution in [3.8, 4) is 11.5 Å². The Morgan fingerprint density at radius 1 is 1.42 bits per heavy atom. The van der Waals surface area contributed by atoms with Gasteiger partial charge in [-0.1, -0.05) is 0 Å². The van der Waals surface area contributed by atoms with Crippen molar-refractivity contribution in [2.45, 2.75) is 6.92 Å². The monoisotopic (exact) mass is 174 g/mol. The maximum atomic E-state index is 12.8. The van der Waals surface area contributed by atoms with Gasteiger partial charge in [0.1, 0.15) is 5.75 Å². The van der Waals surface area contributed by atoms with Crippen molar-refractivity contribution in [2.75, 3.05) is 6.61 Å². The van der Waals surface area contributed by atoms with Gasteiger partial charge in [-0.25, -0.2) is 4.39 Å². The lowest BCUT2D eigenvalue weighted by atomic mass is 10.3. The van der Waals surface area contributed by atoms with Crippen LogP contribution in [0.2, 0.25) is 0 Å². The third-order valence-corrected chi connectivity index (χ3v) is 1.28. The van der Waals surface area contributed by atoms with Crippen molar-refractivity contribution >= 4 is 0 Å². The van der Waals surface area contributed by atoms with E-state index in [1.54, 1.807) is 6.92 Å². The average molecular weight is 174 g/mol. The molecule has 0 bridgehead atoms. The molecular weight excluding hydrogens is 166 g/mol. The molecule has 0 aliphatic rings. The summed E-state index contributed by atoms with van der Waals surface area (Å²) in [4.78, 5) is 0. The van der Waals surface area contributed by atoms with Crippen LogP contribution in [0.1, 0.15) is 6.92 Å². The fraction of sp³-hybridized carbons (Fsp3) is 0.250. The molecule has 0 aliphatic carbocycles. The first kappa shape index (κ1) is 8.77. The maximum absolute atomic E-state index is 12.8. The van der Waals surface area contributed by atoms with Crippen LogP contribution in [-0.4, -0.2) is 11.7 Å². The van der Waals surface area contributed by atoms with Crippen LogP contribution in [0, 0.1) is 11.6 Å². The molecule has 0 spiro atoms. The van der Waals surface area contributed by atoms with E-state index in [1.807, 2.05) is 0 Å². The number of benzene rings is 1. The van der Waals surface area contributed by atoms with Crippen molar-refractivity contribution in [1.29, 1.82) is 0 Å². The summed E-state index contributed by atoms with van der Waals surface area (Å²) >= 11 is 0. The van der Waals surface area contributed by atoms with Gasteiger partial charge in [0, 0.05) is 12.1 Å². The van der Waals surface area contributed by atoms with E-state index in [0.717, 1.165) is 6.07 Å². The van der Waals surface area contributed by atoms with Crippen molar-refractivity contribution in [3.63, 3.8) is 0 Å². The van der Waals surface area contributed by atoms with Gasteiger partial charge in [0.15, 0.2) is 11.6 Å². The Morgan fingerprint density at radius 2 is 2.08 bits per heavy atom. The first-order valence-corrected chi connectivity index (χ1v) is 3.46. The molecule has 0 saturated carbocycles. The smallest absolute Gasteiger partial charge is 0.200 e. The Morgan fingerprint density at radius 3 is 2.67 bits per heavy atom. The van der Waals surface area contributed by atoms with Gasteiger partial charge >= 0.3 is 0 Å². The molecule has 0 aliphatic heterocycles. The number of halogens is 2. The molecule has 0 atom stereocenters. The second-order valence-corrected chi connectivity index (χ2v) is 2.17. The third kappa shape index (κ3) is 1.64. The highest BCUT2D eigenvalue weighted by molar-refractivity contribution is 5.34. The minimum atomic E-state index is -1.11. The van der Waals surface area contributed by atoms with Crippen molar-refractivity contribution in [1.82, 2.24) is 0 Å². The molecule has 0 amide bonds. The summed E-state index contributed by atoms with van der Waals surface area (Å²) in [7, 11) is 0. The summed E-state index contributed by atoms with van der Waals surface area (Å²) in [6.07, 6.45) is 0. The summed E-state index contributed by atoms with van der Waals surface area (Å²) in [5.41, 5.74) is 0. The lowest BCUT2D eigenvalue weighted by molar-refractivity contribution is 0.310. The van der Waals surface area contributed by atoms with Gasteiger partial charge in [-0.2, -0.15) is 4.39 Å². The Balaban J connectivity index is 3.09. The largest absolute Gasteiger partial charge is 0.508 e. The van der Waals surface area contributed by atoms with E-state index in [0.29, 0.717) is 6.07 Å². The van der Waals surface area contributed by atoms with Gasteiger partial charge in [-0.3, -0.25) is 0 Å². The van der Waals surface area contributed by atoms with E-state index >= 15 is 0 Å². The molecule has 1 aromatic rings. The van der Waals surface area contributed by atoms with Gasteiger partial charge in [-0.15, -0.1) is 0 Å². The molecule has 1 aromatic carbocycles. The maximum Gasteiger partial charge on any atom is 0.200 e. The normalized spacial score (nSPS) is 9.92. The van der Waals surface area contributed by atoms with Gasteiger partial charge in [0.25, 0.3) is 0 Å². The minimum absolute atomic E-state index is 0.222. The quantitative estimate of drug-likeness (QED) is 0.743. The van der Waals surface area contributed by atoms with Crippen LogP contribution in [0.4, 0.5) is 8.78 Å². The van der Waals surface area contributed by atoms with Crippen LogP contribution in [-0.2, 0) is 0 Å². The van der Waals surface area contributed by atoms with Crippen molar-refractivity contribution in [3.05, 3.63) is 23.8 Å². The fourth-order valence-corrected chi connectivity index (χ4v) is 0.811. The molecule has 1 N–H and O–H groups in total. The van der Waals surface area contributed by atoms with E-state index in [2.05, 4.69) is 0 Å².